The van der Waals surface area contributed by atoms with Crippen LogP contribution in [-0.2, 0) is 4.74 Å². The number of hydrogen-bond acceptors (Lipinski definition) is 5. The number of nitrogens with zero attached hydrogens (tertiary/aromatic N) is 1. The number of alkyl halides is 1. The molecule has 0 saturated carbocycles. The second kappa shape index (κ2) is 6.00. The maximum absolute atomic E-state index is 12.0. The van der Waals surface area contributed by atoms with Crippen molar-refractivity contribution in [3.63, 3.8) is 0 Å². The molecule has 3 N–H and O–H groups in total. The summed E-state index contributed by atoms with van der Waals surface area (Å²) in [7, 11) is 0. The number of aromatic amines is 1. The molecule has 2 heterocycles. The van der Waals surface area contributed by atoms with Crippen LogP contribution in [0.1, 0.15) is 18.2 Å². The maximum Gasteiger partial charge on any atom is 0.330 e. The largest absolute Gasteiger partial charge is 0.394 e. The fourth-order valence-corrected chi connectivity index (χ4v) is 1.97. The molecule has 1 saturated heterocycles. The molecule has 0 spiro atoms. The van der Waals surface area contributed by atoms with E-state index in [1.54, 1.807) is 0 Å². The van der Waals surface area contributed by atoms with Gasteiger partial charge in [-0.2, -0.15) is 0 Å². The zero-order valence-electron chi connectivity index (χ0n) is 10.4. The van der Waals surface area contributed by atoms with Crippen molar-refractivity contribution in [2.24, 2.45) is 0 Å². The van der Waals surface area contributed by atoms with Crippen molar-refractivity contribution in [2.75, 3.05) is 13.3 Å². The highest BCUT2D eigenvalue weighted by atomic mass is 19.1. The van der Waals surface area contributed by atoms with Gasteiger partial charge < -0.3 is 14.9 Å². The van der Waals surface area contributed by atoms with Gasteiger partial charge in [0.15, 0.2) is 6.67 Å². The van der Waals surface area contributed by atoms with E-state index in [-0.39, 0.29) is 18.6 Å². The van der Waals surface area contributed by atoms with Crippen LogP contribution in [0.4, 0.5) is 4.39 Å². The Hall–Kier alpha value is -1.95. The van der Waals surface area contributed by atoms with Crippen molar-refractivity contribution < 1.29 is 19.3 Å². The monoisotopic (exact) mass is 284 g/mol. The summed E-state index contributed by atoms with van der Waals surface area (Å²) in [6.45, 7) is -1.30. The van der Waals surface area contributed by atoms with Gasteiger partial charge in [-0.25, -0.2) is 9.18 Å². The normalized spacial score (nSPS) is 25.2. The van der Waals surface area contributed by atoms with Gasteiger partial charge in [0, 0.05) is 12.6 Å². The van der Waals surface area contributed by atoms with E-state index in [9.17, 15) is 19.1 Å². The van der Waals surface area contributed by atoms with E-state index in [0.717, 1.165) is 10.8 Å². The number of hydrogen-bond donors (Lipinski definition) is 3. The Morgan fingerprint density at radius 2 is 2.30 bits per heavy atom. The van der Waals surface area contributed by atoms with Gasteiger partial charge in [0.05, 0.1) is 12.7 Å². The van der Waals surface area contributed by atoms with Crippen LogP contribution in [0.25, 0.3) is 0 Å². The maximum atomic E-state index is 12.0. The third-order valence-corrected chi connectivity index (χ3v) is 2.95. The van der Waals surface area contributed by atoms with Gasteiger partial charge in [-0.1, -0.05) is 11.8 Å². The molecule has 8 heteroatoms. The van der Waals surface area contributed by atoms with Crippen molar-refractivity contribution in [1.82, 2.24) is 9.55 Å². The smallest absolute Gasteiger partial charge is 0.330 e. The van der Waals surface area contributed by atoms with Crippen molar-refractivity contribution in [3.05, 3.63) is 32.6 Å². The molecule has 0 radical (unpaired) electrons. The lowest BCUT2D eigenvalue weighted by Gasteiger charge is -2.14. The number of aliphatic hydroxyl groups excluding tert-OH is 2. The van der Waals surface area contributed by atoms with E-state index >= 15 is 0 Å². The second-order valence-electron chi connectivity index (χ2n) is 4.26. The van der Waals surface area contributed by atoms with Crippen LogP contribution in [-0.4, -0.2) is 45.3 Å². The van der Waals surface area contributed by atoms with Crippen molar-refractivity contribution in [3.8, 4) is 11.8 Å². The fourth-order valence-electron chi connectivity index (χ4n) is 1.97. The molecule has 0 bridgehead atoms. The fraction of sp³-hybridized carbons (Fsp3) is 0.500. The number of H-pyrrole nitrogens is 1. The van der Waals surface area contributed by atoms with Gasteiger partial charge in [0.1, 0.15) is 17.9 Å². The quantitative estimate of drug-likeness (QED) is 0.573. The summed E-state index contributed by atoms with van der Waals surface area (Å²) in [5.41, 5.74) is -1.52. The van der Waals surface area contributed by atoms with Crippen LogP contribution >= 0.6 is 0 Å². The summed E-state index contributed by atoms with van der Waals surface area (Å²) in [5, 5.41) is 18.6. The molecule has 0 unspecified atom stereocenters. The third kappa shape index (κ3) is 2.80. The molecule has 1 aromatic rings. The second-order valence-corrected chi connectivity index (χ2v) is 4.26. The number of halogens is 1. The molecule has 1 aliphatic heterocycles. The SMILES string of the molecule is O=c1[nH]c(=O)n([C@H]2C[C@H](O)[C@@H](CO)O2)cc1C#CCF. The number of ether oxygens (including phenoxy) is 1. The van der Waals surface area contributed by atoms with Gasteiger partial charge in [0.2, 0.25) is 0 Å². The van der Waals surface area contributed by atoms with E-state index in [1.165, 1.54) is 0 Å². The Kier molecular flexibility index (Phi) is 4.34. The van der Waals surface area contributed by atoms with Crippen LogP contribution in [0.3, 0.4) is 0 Å². The van der Waals surface area contributed by atoms with Crippen LogP contribution in [0.5, 0.6) is 0 Å². The van der Waals surface area contributed by atoms with Gasteiger partial charge in [-0.15, -0.1) is 0 Å². The first-order valence-electron chi connectivity index (χ1n) is 5.91. The summed E-state index contributed by atoms with van der Waals surface area (Å²) in [6.07, 6.45) is -1.28. The zero-order chi connectivity index (χ0) is 14.7. The lowest BCUT2D eigenvalue weighted by Crippen LogP contribution is -2.33. The van der Waals surface area contributed by atoms with Crippen LogP contribution in [0, 0.1) is 11.8 Å². The first kappa shape index (κ1) is 14.5. The topological polar surface area (TPSA) is 105 Å². The predicted octanol–water partition coefficient (Wildman–Crippen LogP) is -1.50. The average Bonchev–Trinajstić information content (AvgIpc) is 2.79. The summed E-state index contributed by atoms with van der Waals surface area (Å²) >= 11 is 0. The van der Waals surface area contributed by atoms with Gasteiger partial charge in [-0.05, 0) is 0 Å². The standard InChI is InChI=1S/C12H13FN2O5/c13-3-1-2-7-5-15(12(19)14-11(7)18)10-4-8(17)9(6-16)20-10/h5,8-10,16-17H,3-4,6H2,(H,14,18,19)/t8-,9+,10+/m0/s1. The molecule has 20 heavy (non-hydrogen) atoms. The Labute approximate surface area is 112 Å². The number of aromatic nitrogens is 2. The van der Waals surface area contributed by atoms with Gasteiger partial charge in [0.25, 0.3) is 5.56 Å². The van der Waals surface area contributed by atoms with Gasteiger partial charge in [-0.3, -0.25) is 14.3 Å². The molecular formula is C12H13FN2O5. The zero-order valence-corrected chi connectivity index (χ0v) is 10.4. The highest BCUT2D eigenvalue weighted by Crippen LogP contribution is 2.27. The molecule has 0 aromatic carbocycles. The Morgan fingerprint density at radius 1 is 1.55 bits per heavy atom. The molecule has 2 rings (SSSR count). The van der Waals surface area contributed by atoms with Crippen LogP contribution in [0.2, 0.25) is 0 Å². The highest BCUT2D eigenvalue weighted by molar-refractivity contribution is 5.29. The van der Waals surface area contributed by atoms with E-state index in [0.29, 0.717) is 0 Å². The average molecular weight is 284 g/mol. The lowest BCUT2D eigenvalue weighted by atomic mass is 10.2. The molecular weight excluding hydrogens is 271 g/mol. The highest BCUT2D eigenvalue weighted by Gasteiger charge is 2.35. The molecule has 1 aliphatic rings. The molecule has 108 valence electrons. The lowest BCUT2D eigenvalue weighted by molar-refractivity contribution is -0.0459. The van der Waals surface area contributed by atoms with E-state index < -0.39 is 36.4 Å². The first-order chi connectivity index (χ1) is 9.56. The van der Waals surface area contributed by atoms with Crippen molar-refractivity contribution in [2.45, 2.75) is 24.9 Å². The van der Waals surface area contributed by atoms with E-state index in [4.69, 9.17) is 9.84 Å². The number of rotatable bonds is 2. The summed E-state index contributed by atoms with van der Waals surface area (Å²) in [6, 6.07) is 0. The van der Waals surface area contributed by atoms with Crippen LogP contribution < -0.4 is 11.2 Å². The molecule has 7 nitrogen and oxygen atoms in total. The molecule has 3 atom stereocenters. The molecule has 0 amide bonds. The van der Waals surface area contributed by atoms with E-state index in [1.807, 2.05) is 4.98 Å². The summed E-state index contributed by atoms with van der Waals surface area (Å²) in [5.74, 6) is 4.38. The Balaban J connectivity index is 2.38. The minimum Gasteiger partial charge on any atom is -0.394 e. The number of aliphatic hydroxyl groups is 2. The minimum absolute atomic E-state index is 0.0761. The first-order valence-corrected chi connectivity index (χ1v) is 5.91. The molecule has 0 aliphatic carbocycles. The van der Waals surface area contributed by atoms with Crippen molar-refractivity contribution in [1.29, 1.82) is 0 Å². The summed E-state index contributed by atoms with van der Waals surface area (Å²) in [4.78, 5) is 25.2. The Morgan fingerprint density at radius 3 is 2.90 bits per heavy atom. The third-order valence-electron chi connectivity index (χ3n) is 2.95. The van der Waals surface area contributed by atoms with E-state index in [2.05, 4.69) is 11.8 Å². The number of nitrogens with one attached hydrogen (secondary N) is 1. The molecule has 1 fully saturated rings. The summed E-state index contributed by atoms with van der Waals surface area (Å²) < 4.78 is 18.4. The van der Waals surface area contributed by atoms with Crippen LogP contribution in [0.15, 0.2) is 15.8 Å². The minimum atomic E-state index is -0.913. The van der Waals surface area contributed by atoms with Crippen molar-refractivity contribution >= 4 is 0 Å². The molecule has 1 aromatic heterocycles. The predicted molar refractivity (Wildman–Crippen MR) is 65.8 cm³/mol. The van der Waals surface area contributed by atoms with Gasteiger partial charge >= 0.3 is 5.69 Å². The Bertz CT molecular complexity index is 656.